The molecule has 6 heteroatoms. The van der Waals surface area contributed by atoms with E-state index in [1.54, 1.807) is 0 Å². The quantitative estimate of drug-likeness (QED) is 0.877. The molecule has 0 atom stereocenters. The van der Waals surface area contributed by atoms with Gasteiger partial charge in [0.25, 0.3) is 0 Å². The van der Waals surface area contributed by atoms with Gasteiger partial charge in [0.1, 0.15) is 11.4 Å². The molecule has 1 aliphatic rings. The lowest BCUT2D eigenvalue weighted by Crippen LogP contribution is -2.28. The van der Waals surface area contributed by atoms with Crippen LogP contribution in [0.3, 0.4) is 0 Å². The van der Waals surface area contributed by atoms with E-state index < -0.39 is 0 Å². The molecule has 1 aliphatic heterocycles. The molecule has 1 amide bonds. The van der Waals surface area contributed by atoms with E-state index in [1.165, 1.54) is 12.8 Å². The van der Waals surface area contributed by atoms with Gasteiger partial charge in [-0.25, -0.2) is 0 Å². The SMILES string of the molecule is CCc1noc(C)c1NC(=O)CCC1CCNCC1.Cl. The van der Waals surface area contributed by atoms with Crippen molar-refractivity contribution in [2.24, 2.45) is 5.92 Å². The molecule has 2 heterocycles. The molecule has 0 aromatic carbocycles. The third-order valence-corrected chi connectivity index (χ3v) is 3.77. The number of nitrogens with zero attached hydrogens (tertiary/aromatic N) is 1. The van der Waals surface area contributed by atoms with Crippen LogP contribution in [0.1, 0.15) is 44.1 Å². The third kappa shape index (κ3) is 4.49. The second-order valence-electron chi connectivity index (χ2n) is 5.19. The van der Waals surface area contributed by atoms with Crippen LogP contribution in [0.15, 0.2) is 4.52 Å². The minimum absolute atomic E-state index is 0. The van der Waals surface area contributed by atoms with Gasteiger partial charge in [0.05, 0.1) is 0 Å². The van der Waals surface area contributed by atoms with Crippen molar-refractivity contribution < 1.29 is 9.32 Å². The molecule has 0 spiro atoms. The van der Waals surface area contributed by atoms with Crippen LogP contribution >= 0.6 is 12.4 Å². The Morgan fingerprint density at radius 3 is 2.80 bits per heavy atom. The van der Waals surface area contributed by atoms with Gasteiger partial charge in [-0.15, -0.1) is 12.4 Å². The zero-order valence-electron chi connectivity index (χ0n) is 12.2. The van der Waals surface area contributed by atoms with Crippen molar-refractivity contribution in [1.29, 1.82) is 0 Å². The molecule has 1 aromatic rings. The molecule has 0 aliphatic carbocycles. The number of rotatable bonds is 5. The van der Waals surface area contributed by atoms with Gasteiger partial charge in [-0.2, -0.15) is 0 Å². The topological polar surface area (TPSA) is 67.2 Å². The van der Waals surface area contributed by atoms with E-state index >= 15 is 0 Å². The minimum atomic E-state index is 0. The number of anilines is 1. The van der Waals surface area contributed by atoms with Crippen molar-refractivity contribution >= 4 is 24.0 Å². The summed E-state index contributed by atoms with van der Waals surface area (Å²) in [5.74, 6) is 1.44. The first-order valence-corrected chi connectivity index (χ1v) is 7.16. The molecular weight excluding hydrogens is 278 g/mol. The molecule has 0 radical (unpaired) electrons. The zero-order chi connectivity index (χ0) is 13.7. The van der Waals surface area contributed by atoms with E-state index in [-0.39, 0.29) is 18.3 Å². The van der Waals surface area contributed by atoms with Crippen molar-refractivity contribution in [2.75, 3.05) is 18.4 Å². The van der Waals surface area contributed by atoms with Crippen LogP contribution in [0, 0.1) is 12.8 Å². The summed E-state index contributed by atoms with van der Waals surface area (Å²) in [4.78, 5) is 12.0. The van der Waals surface area contributed by atoms with Gasteiger partial charge in [-0.3, -0.25) is 4.79 Å². The van der Waals surface area contributed by atoms with E-state index in [0.29, 0.717) is 18.1 Å². The number of piperidine rings is 1. The van der Waals surface area contributed by atoms with Crippen LogP contribution in [-0.4, -0.2) is 24.2 Å². The number of carbonyl (C=O) groups is 1. The number of hydrogen-bond donors (Lipinski definition) is 2. The van der Waals surface area contributed by atoms with Crippen molar-refractivity contribution in [3.63, 3.8) is 0 Å². The summed E-state index contributed by atoms with van der Waals surface area (Å²) in [7, 11) is 0. The Morgan fingerprint density at radius 2 is 2.15 bits per heavy atom. The van der Waals surface area contributed by atoms with Crippen molar-refractivity contribution in [3.05, 3.63) is 11.5 Å². The van der Waals surface area contributed by atoms with Crippen LogP contribution in [-0.2, 0) is 11.2 Å². The number of carbonyl (C=O) groups excluding carboxylic acids is 1. The minimum Gasteiger partial charge on any atom is -0.359 e. The Hall–Kier alpha value is -1.07. The predicted octanol–water partition coefficient (Wildman–Crippen LogP) is 2.69. The first-order chi connectivity index (χ1) is 9.20. The van der Waals surface area contributed by atoms with E-state index in [1.807, 2.05) is 13.8 Å². The second kappa shape index (κ2) is 8.27. The van der Waals surface area contributed by atoms with E-state index in [4.69, 9.17) is 4.52 Å². The smallest absolute Gasteiger partial charge is 0.224 e. The van der Waals surface area contributed by atoms with Crippen molar-refractivity contribution in [2.45, 2.75) is 46.0 Å². The first-order valence-electron chi connectivity index (χ1n) is 7.16. The summed E-state index contributed by atoms with van der Waals surface area (Å²) < 4.78 is 5.11. The van der Waals surface area contributed by atoms with E-state index in [2.05, 4.69) is 15.8 Å². The van der Waals surface area contributed by atoms with Crippen molar-refractivity contribution in [1.82, 2.24) is 10.5 Å². The second-order valence-corrected chi connectivity index (χ2v) is 5.19. The fraction of sp³-hybridized carbons (Fsp3) is 0.714. The number of aryl methyl sites for hydroxylation is 2. The largest absolute Gasteiger partial charge is 0.359 e. The maximum absolute atomic E-state index is 12.0. The lowest BCUT2D eigenvalue weighted by molar-refractivity contribution is -0.116. The lowest BCUT2D eigenvalue weighted by Gasteiger charge is -2.22. The molecule has 1 saturated heterocycles. The molecule has 0 unspecified atom stereocenters. The van der Waals surface area contributed by atoms with Crippen LogP contribution in [0.4, 0.5) is 5.69 Å². The number of nitrogens with one attached hydrogen (secondary N) is 2. The van der Waals surface area contributed by atoms with Gasteiger partial charge >= 0.3 is 0 Å². The highest BCUT2D eigenvalue weighted by molar-refractivity contribution is 5.91. The molecule has 0 bridgehead atoms. The van der Waals surface area contributed by atoms with Gasteiger partial charge in [-0.1, -0.05) is 12.1 Å². The Morgan fingerprint density at radius 1 is 1.45 bits per heavy atom. The summed E-state index contributed by atoms with van der Waals surface area (Å²) in [5.41, 5.74) is 1.59. The van der Waals surface area contributed by atoms with Crippen LogP contribution in [0.5, 0.6) is 0 Å². The number of amides is 1. The molecule has 20 heavy (non-hydrogen) atoms. The van der Waals surface area contributed by atoms with E-state index in [9.17, 15) is 4.79 Å². The molecule has 114 valence electrons. The maximum atomic E-state index is 12.0. The van der Waals surface area contributed by atoms with Gasteiger partial charge in [0, 0.05) is 6.42 Å². The van der Waals surface area contributed by atoms with Gasteiger partial charge in [0.2, 0.25) is 5.91 Å². The number of aromatic nitrogens is 1. The lowest BCUT2D eigenvalue weighted by atomic mass is 9.93. The molecule has 5 nitrogen and oxygen atoms in total. The summed E-state index contributed by atoms with van der Waals surface area (Å²) >= 11 is 0. The summed E-state index contributed by atoms with van der Waals surface area (Å²) in [6.07, 6.45) is 4.68. The normalized spacial score (nSPS) is 15.7. The summed E-state index contributed by atoms with van der Waals surface area (Å²) in [6, 6.07) is 0. The Labute approximate surface area is 126 Å². The fourth-order valence-electron chi connectivity index (χ4n) is 2.53. The Balaban J connectivity index is 0.00000200. The van der Waals surface area contributed by atoms with Gasteiger partial charge in [0.15, 0.2) is 5.76 Å². The highest BCUT2D eigenvalue weighted by atomic mass is 35.5. The number of halogens is 1. The monoisotopic (exact) mass is 301 g/mol. The average Bonchev–Trinajstić information content (AvgIpc) is 2.78. The maximum Gasteiger partial charge on any atom is 0.224 e. The Kier molecular flexibility index (Phi) is 7.02. The average molecular weight is 302 g/mol. The molecule has 0 saturated carbocycles. The Bertz CT molecular complexity index is 428. The highest BCUT2D eigenvalue weighted by Gasteiger charge is 2.17. The van der Waals surface area contributed by atoms with Gasteiger partial charge < -0.3 is 15.2 Å². The third-order valence-electron chi connectivity index (χ3n) is 3.77. The zero-order valence-corrected chi connectivity index (χ0v) is 13.0. The fourth-order valence-corrected chi connectivity index (χ4v) is 2.53. The van der Waals surface area contributed by atoms with Gasteiger partial charge in [-0.05, 0) is 51.6 Å². The standard InChI is InChI=1S/C14H23N3O2.ClH/c1-3-12-14(10(2)19-17-12)16-13(18)5-4-11-6-8-15-9-7-11;/h11,15H,3-9H2,1-2H3,(H,16,18);1H. The van der Waals surface area contributed by atoms with E-state index in [0.717, 1.165) is 37.3 Å². The van der Waals surface area contributed by atoms with Crippen LogP contribution in [0.2, 0.25) is 0 Å². The molecule has 2 rings (SSSR count). The predicted molar refractivity (Wildman–Crippen MR) is 81.3 cm³/mol. The van der Waals surface area contributed by atoms with Crippen LogP contribution in [0.25, 0.3) is 0 Å². The molecular formula is C14H24ClN3O2. The van der Waals surface area contributed by atoms with Crippen LogP contribution < -0.4 is 10.6 Å². The highest BCUT2D eigenvalue weighted by Crippen LogP contribution is 2.22. The number of hydrogen-bond acceptors (Lipinski definition) is 4. The molecule has 1 aromatic heterocycles. The molecule has 1 fully saturated rings. The molecule has 2 N–H and O–H groups in total. The van der Waals surface area contributed by atoms with Crippen molar-refractivity contribution in [3.8, 4) is 0 Å². The summed E-state index contributed by atoms with van der Waals surface area (Å²) in [5, 5.41) is 10.2. The first kappa shape index (κ1) is 17.0. The summed E-state index contributed by atoms with van der Waals surface area (Å²) in [6.45, 7) is 5.99.